The Labute approximate surface area is 99.7 Å². The second kappa shape index (κ2) is 4.44. The first-order valence-corrected chi connectivity index (χ1v) is 5.32. The van der Waals surface area contributed by atoms with Crippen LogP contribution >= 0.6 is 15.9 Å². The lowest BCUT2D eigenvalue weighted by molar-refractivity contribution is -0.136. The number of carboxylic acid groups (broad SMARTS) is 1. The topological polar surface area (TPSA) is 78.9 Å². The molecule has 0 amide bonds. The molecule has 0 aromatic carbocycles. The molecule has 0 saturated heterocycles. The van der Waals surface area contributed by atoms with Crippen molar-refractivity contribution in [3.8, 4) is 11.3 Å². The normalized spacial score (nSPS) is 10.3. The molecule has 0 bridgehead atoms. The molecule has 82 valence electrons. The van der Waals surface area contributed by atoms with E-state index in [1.54, 1.807) is 12.4 Å². The fraction of sp³-hybridized carbons (Fsp3) is 0.100. The van der Waals surface area contributed by atoms with Gasteiger partial charge in [0, 0.05) is 18.0 Å². The number of carboxylic acids is 1. The monoisotopic (exact) mass is 281 g/mol. The molecule has 0 aliphatic rings. The zero-order valence-corrected chi connectivity index (χ0v) is 9.73. The third-order valence-electron chi connectivity index (χ3n) is 2.06. The van der Waals surface area contributed by atoms with Gasteiger partial charge in [0.15, 0.2) is 0 Å². The van der Waals surface area contributed by atoms with E-state index < -0.39 is 5.97 Å². The number of aliphatic carboxylic acids is 1. The molecule has 2 heterocycles. The Morgan fingerprint density at radius 3 is 2.75 bits per heavy atom. The van der Waals surface area contributed by atoms with Crippen molar-refractivity contribution in [2.24, 2.45) is 0 Å². The molecule has 0 aliphatic carbocycles. The third-order valence-corrected chi connectivity index (χ3v) is 2.91. The van der Waals surface area contributed by atoms with Crippen LogP contribution in [0.25, 0.3) is 11.3 Å². The van der Waals surface area contributed by atoms with Gasteiger partial charge in [-0.2, -0.15) is 5.10 Å². The third kappa shape index (κ3) is 2.11. The summed E-state index contributed by atoms with van der Waals surface area (Å²) in [7, 11) is 0. The number of carbonyl (C=O) groups is 1. The first-order chi connectivity index (χ1) is 7.68. The Hall–Kier alpha value is -1.69. The summed E-state index contributed by atoms with van der Waals surface area (Å²) in [6.07, 6.45) is 3.24. The van der Waals surface area contributed by atoms with Crippen molar-refractivity contribution in [3.05, 3.63) is 34.7 Å². The molecular formula is C10H8BrN3O2. The minimum atomic E-state index is -0.898. The summed E-state index contributed by atoms with van der Waals surface area (Å²) < 4.78 is 0.682. The van der Waals surface area contributed by atoms with E-state index in [0.717, 1.165) is 5.56 Å². The van der Waals surface area contributed by atoms with E-state index in [4.69, 9.17) is 5.11 Å². The van der Waals surface area contributed by atoms with Gasteiger partial charge in [0.05, 0.1) is 16.6 Å². The van der Waals surface area contributed by atoms with Gasteiger partial charge in [-0.05, 0) is 28.1 Å². The maximum atomic E-state index is 10.6. The number of aromatic amines is 1. The number of aromatic nitrogens is 3. The van der Waals surface area contributed by atoms with E-state index in [0.29, 0.717) is 15.9 Å². The Bertz CT molecular complexity index is 510. The van der Waals surface area contributed by atoms with Crippen molar-refractivity contribution >= 4 is 21.9 Å². The van der Waals surface area contributed by atoms with Crippen LogP contribution in [0.2, 0.25) is 0 Å². The van der Waals surface area contributed by atoms with Gasteiger partial charge in [-0.25, -0.2) is 0 Å². The Kier molecular flexibility index (Phi) is 3.00. The molecule has 2 N–H and O–H groups in total. The van der Waals surface area contributed by atoms with Gasteiger partial charge in [0.2, 0.25) is 0 Å². The van der Waals surface area contributed by atoms with Crippen molar-refractivity contribution < 1.29 is 9.90 Å². The van der Waals surface area contributed by atoms with Crippen LogP contribution < -0.4 is 0 Å². The van der Waals surface area contributed by atoms with Crippen molar-refractivity contribution in [1.29, 1.82) is 0 Å². The lowest BCUT2D eigenvalue weighted by Crippen LogP contribution is -2.00. The zero-order valence-electron chi connectivity index (χ0n) is 8.14. The summed E-state index contributed by atoms with van der Waals surface area (Å²) in [5, 5.41) is 15.5. The molecule has 16 heavy (non-hydrogen) atoms. The van der Waals surface area contributed by atoms with Crippen molar-refractivity contribution in [1.82, 2.24) is 15.2 Å². The quantitative estimate of drug-likeness (QED) is 0.900. The fourth-order valence-electron chi connectivity index (χ4n) is 1.33. The molecule has 0 aliphatic heterocycles. The second-order valence-electron chi connectivity index (χ2n) is 3.17. The molecule has 0 atom stereocenters. The van der Waals surface area contributed by atoms with E-state index in [2.05, 4.69) is 31.1 Å². The summed E-state index contributed by atoms with van der Waals surface area (Å²) in [4.78, 5) is 14.5. The van der Waals surface area contributed by atoms with E-state index in [-0.39, 0.29) is 6.42 Å². The number of halogens is 1. The molecule has 5 nitrogen and oxygen atoms in total. The number of rotatable bonds is 3. The summed E-state index contributed by atoms with van der Waals surface area (Å²) in [6, 6.07) is 3.62. The highest BCUT2D eigenvalue weighted by Crippen LogP contribution is 2.28. The van der Waals surface area contributed by atoms with Crippen LogP contribution in [0.1, 0.15) is 5.69 Å². The number of hydrogen-bond donors (Lipinski definition) is 2. The SMILES string of the molecule is O=C(O)Cc1[nH]nc(-c2ccncc2)c1Br. The standard InChI is InChI=1S/C10H8BrN3O2/c11-9-7(5-8(15)16)13-14-10(9)6-1-3-12-4-2-6/h1-4H,5H2,(H,13,14)(H,15,16). The van der Waals surface area contributed by atoms with Crippen LogP contribution in [0, 0.1) is 0 Å². The molecule has 2 aromatic heterocycles. The zero-order chi connectivity index (χ0) is 11.5. The van der Waals surface area contributed by atoms with Crippen LogP contribution in [-0.2, 0) is 11.2 Å². The predicted octanol–water partition coefficient (Wildman–Crippen LogP) is 1.86. The highest BCUT2D eigenvalue weighted by molar-refractivity contribution is 9.10. The average molecular weight is 282 g/mol. The highest BCUT2D eigenvalue weighted by atomic mass is 79.9. The summed E-state index contributed by atoms with van der Waals surface area (Å²) in [6.45, 7) is 0. The molecule has 6 heteroatoms. The van der Waals surface area contributed by atoms with Crippen molar-refractivity contribution in [2.45, 2.75) is 6.42 Å². The number of nitrogens with zero attached hydrogens (tertiary/aromatic N) is 2. The van der Waals surface area contributed by atoms with Gasteiger partial charge >= 0.3 is 5.97 Å². The van der Waals surface area contributed by atoms with Crippen LogP contribution in [0.3, 0.4) is 0 Å². The van der Waals surface area contributed by atoms with E-state index in [9.17, 15) is 4.79 Å². The Morgan fingerprint density at radius 1 is 1.44 bits per heavy atom. The van der Waals surface area contributed by atoms with E-state index in [1.165, 1.54) is 0 Å². The van der Waals surface area contributed by atoms with Gasteiger partial charge in [0.1, 0.15) is 5.69 Å². The first-order valence-electron chi connectivity index (χ1n) is 4.53. The summed E-state index contributed by atoms with van der Waals surface area (Å²) >= 11 is 3.34. The predicted molar refractivity (Wildman–Crippen MR) is 60.9 cm³/mol. The van der Waals surface area contributed by atoms with Gasteiger partial charge in [-0.1, -0.05) is 0 Å². The highest BCUT2D eigenvalue weighted by Gasteiger charge is 2.14. The maximum Gasteiger partial charge on any atom is 0.309 e. The molecule has 0 fully saturated rings. The molecule has 0 radical (unpaired) electrons. The molecule has 2 rings (SSSR count). The van der Waals surface area contributed by atoms with Gasteiger partial charge in [0.25, 0.3) is 0 Å². The van der Waals surface area contributed by atoms with E-state index >= 15 is 0 Å². The summed E-state index contributed by atoms with van der Waals surface area (Å²) in [5.41, 5.74) is 2.13. The molecule has 2 aromatic rings. The molecule has 0 saturated carbocycles. The number of pyridine rings is 1. The lowest BCUT2D eigenvalue weighted by atomic mass is 10.2. The molecule has 0 spiro atoms. The van der Waals surface area contributed by atoms with Crippen LogP contribution in [0.15, 0.2) is 29.0 Å². The maximum absolute atomic E-state index is 10.6. The van der Waals surface area contributed by atoms with Gasteiger partial charge in [-0.3, -0.25) is 14.9 Å². The number of nitrogens with one attached hydrogen (secondary N) is 1. The largest absolute Gasteiger partial charge is 0.481 e. The fourth-order valence-corrected chi connectivity index (χ4v) is 1.88. The smallest absolute Gasteiger partial charge is 0.309 e. The minimum Gasteiger partial charge on any atom is -0.481 e. The van der Waals surface area contributed by atoms with Crippen molar-refractivity contribution in [2.75, 3.05) is 0 Å². The first kappa shape index (κ1) is 10.8. The van der Waals surface area contributed by atoms with Crippen LogP contribution in [-0.4, -0.2) is 26.3 Å². The number of H-pyrrole nitrogens is 1. The lowest BCUT2D eigenvalue weighted by Gasteiger charge is -1.96. The average Bonchev–Trinajstić information content (AvgIpc) is 2.61. The van der Waals surface area contributed by atoms with Crippen LogP contribution in [0.5, 0.6) is 0 Å². The minimum absolute atomic E-state index is 0.0847. The molecular weight excluding hydrogens is 274 g/mol. The van der Waals surface area contributed by atoms with Crippen LogP contribution in [0.4, 0.5) is 0 Å². The Morgan fingerprint density at radius 2 is 2.12 bits per heavy atom. The molecule has 0 unspecified atom stereocenters. The van der Waals surface area contributed by atoms with Gasteiger partial charge < -0.3 is 5.11 Å². The number of hydrogen-bond acceptors (Lipinski definition) is 3. The van der Waals surface area contributed by atoms with Crippen molar-refractivity contribution in [3.63, 3.8) is 0 Å². The van der Waals surface area contributed by atoms with E-state index in [1.807, 2.05) is 12.1 Å². The Balaban J connectivity index is 2.37. The van der Waals surface area contributed by atoms with Gasteiger partial charge in [-0.15, -0.1) is 0 Å². The summed E-state index contributed by atoms with van der Waals surface area (Å²) in [5.74, 6) is -0.898. The second-order valence-corrected chi connectivity index (χ2v) is 3.96.